The molecular formula is C87H159N9O33P2. The molecule has 0 aromatic heterocycles. The van der Waals surface area contributed by atoms with E-state index in [-0.39, 0.29) is 140 Å². The summed E-state index contributed by atoms with van der Waals surface area (Å²) in [5.41, 5.74) is 0. The summed E-state index contributed by atoms with van der Waals surface area (Å²) in [7, 11) is -9.67. The molecule has 0 bridgehead atoms. The molecule has 44 heteroatoms. The van der Waals surface area contributed by atoms with Gasteiger partial charge in [-0.05, 0) is 115 Å². The lowest BCUT2D eigenvalue weighted by molar-refractivity contribution is -0.270. The van der Waals surface area contributed by atoms with Gasteiger partial charge < -0.3 is 136 Å². The summed E-state index contributed by atoms with van der Waals surface area (Å²) in [5, 5.41) is 107. The van der Waals surface area contributed by atoms with Crippen LogP contribution >= 0.6 is 15.6 Å². The van der Waals surface area contributed by atoms with E-state index < -0.39 is 171 Å². The van der Waals surface area contributed by atoms with Crippen molar-refractivity contribution in [1.29, 1.82) is 0 Å². The molecule has 0 aromatic rings. The summed E-state index contributed by atoms with van der Waals surface area (Å²) in [4.78, 5) is 141. The summed E-state index contributed by atoms with van der Waals surface area (Å²) in [6, 6.07) is -3.19. The number of nitrogens with zero attached hydrogens (tertiary/aromatic N) is 3. The van der Waals surface area contributed by atoms with Crippen molar-refractivity contribution in [3.05, 3.63) is 0 Å². The molecule has 3 aliphatic heterocycles. The molecule has 131 heavy (non-hydrogen) atoms. The maximum absolute atomic E-state index is 14.0. The predicted molar refractivity (Wildman–Crippen MR) is 475 cm³/mol. The first-order valence-electron chi connectivity index (χ1n) is 47.8. The Morgan fingerprint density at radius 3 is 0.954 bits per heavy atom. The third-order valence-corrected chi connectivity index (χ3v) is 26.2. The van der Waals surface area contributed by atoms with Gasteiger partial charge in [0, 0.05) is 138 Å². The molecule has 3 saturated heterocycles. The van der Waals surface area contributed by atoms with Crippen LogP contribution in [-0.4, -0.2) is 353 Å². The number of hydrogen-bond donors (Lipinski definition) is 17. The molecule has 5 aliphatic rings. The average molecular weight is 1920 g/mol. The maximum Gasteiger partial charge on any atom is 0.472 e. The van der Waals surface area contributed by atoms with Crippen LogP contribution < -0.4 is 31.9 Å². The summed E-state index contributed by atoms with van der Waals surface area (Å²) < 4.78 is 88.9. The lowest BCUT2D eigenvalue weighted by Crippen LogP contribution is -2.64. The van der Waals surface area contributed by atoms with Gasteiger partial charge in [-0.1, -0.05) is 96.8 Å². The standard InChI is InChI=1S/C87H159N9O33P2/c1-5-44-94(73(106)36-19-8-22-41-88-70(103)33-16-11-25-50-120-85-76(91-61(2)100)82(112)79(109)67(58-97)127-85)46-54-123-130(115,116)125-56-48-96(75(108)38-21-10-24-43-90-72(105)35-18-13-27-52-122-87-78(93-63(4)102)84(114)81(111)69(60-99)129-87)49-57-126-131(117,118)124-55-47-95(45-53-119-66-32-28-31-65(39-40-66)64-29-14-6-7-15-30-64)74(107)37-20-9-23-42-89-71(104)34-17-12-26-51-121-86-77(92-62(3)101)83(113)80(110)68(59-98)128-86/h64-69,76-87,97-99,109-114H,5-60H2,1-4H3,(H,88,103)(H,89,104)(H,90,105)(H,91,100)(H,92,101)(H,93,102)(H,115,116)(H,117,118). The molecule has 17 N–H and O–H groups in total. The summed E-state index contributed by atoms with van der Waals surface area (Å²) in [6.07, 6.45) is 8.71. The molecule has 2 saturated carbocycles. The van der Waals surface area contributed by atoms with E-state index >= 15 is 0 Å². The van der Waals surface area contributed by atoms with Crippen LogP contribution in [0.3, 0.4) is 0 Å². The van der Waals surface area contributed by atoms with Gasteiger partial charge in [0.1, 0.15) is 73.1 Å². The van der Waals surface area contributed by atoms with Crippen molar-refractivity contribution in [3.63, 3.8) is 0 Å². The van der Waals surface area contributed by atoms with Crippen molar-refractivity contribution in [2.24, 2.45) is 11.8 Å². The summed E-state index contributed by atoms with van der Waals surface area (Å²) in [5.74, 6) is -1.43. The minimum Gasteiger partial charge on any atom is -0.394 e. The van der Waals surface area contributed by atoms with Crippen molar-refractivity contribution in [2.45, 2.75) is 357 Å². The Hall–Kier alpha value is -5.19. The first-order valence-corrected chi connectivity index (χ1v) is 50.8. The van der Waals surface area contributed by atoms with Gasteiger partial charge in [-0.3, -0.25) is 61.2 Å². The molecule has 0 radical (unpaired) electrons. The number of aliphatic hydroxyl groups excluding tert-OH is 9. The Balaban J connectivity index is 1.08. The van der Waals surface area contributed by atoms with Crippen LogP contribution in [0.1, 0.15) is 259 Å². The molecular weight excluding hydrogens is 1760 g/mol. The van der Waals surface area contributed by atoms with E-state index in [4.69, 9.17) is 51.3 Å². The van der Waals surface area contributed by atoms with E-state index in [0.717, 1.165) is 31.6 Å². The van der Waals surface area contributed by atoms with Crippen LogP contribution in [0, 0.1) is 11.8 Å². The fourth-order valence-electron chi connectivity index (χ4n) is 16.8. The highest BCUT2D eigenvalue weighted by Crippen LogP contribution is 2.44. The highest BCUT2D eigenvalue weighted by Gasteiger charge is 2.48. The predicted octanol–water partition coefficient (Wildman–Crippen LogP) is 2.68. The topological polar surface area (TPSA) is 594 Å². The number of ether oxygens (including phenoxy) is 7. The van der Waals surface area contributed by atoms with Crippen LogP contribution in [0.25, 0.3) is 0 Å². The van der Waals surface area contributed by atoms with Crippen molar-refractivity contribution in [3.8, 4) is 0 Å². The molecule has 5 rings (SSSR count). The number of rotatable bonds is 68. The fourth-order valence-corrected chi connectivity index (χ4v) is 18.2. The van der Waals surface area contributed by atoms with Crippen LogP contribution in [0.4, 0.5) is 0 Å². The van der Waals surface area contributed by atoms with Crippen molar-refractivity contribution in [1.82, 2.24) is 46.6 Å². The number of nitrogens with one attached hydrogen (secondary N) is 6. The third-order valence-electron chi connectivity index (χ3n) is 24.2. The second-order valence-electron chi connectivity index (χ2n) is 34.8. The zero-order chi connectivity index (χ0) is 95.9. The zero-order valence-electron chi connectivity index (χ0n) is 77.6. The molecule has 19 unspecified atom stereocenters. The SMILES string of the molecule is CCCN(CCOP(=O)(O)OCCN(CCOP(=O)(O)OCCN(CCOC1CCCC(C2CCCCCC2)CC1)C(=O)CCCCCNC(=O)CCCCCOC1OC(CO)C(O)C(O)C1NC(C)=O)C(=O)CCCCCNC(=O)CCCCCOC1OC(CO)C(O)C(O)C1NC(C)=O)C(=O)CCCCCNC(=O)CCCCCOC1OC(CO)C(O)C(O)C1NC(C)=O. The zero-order valence-corrected chi connectivity index (χ0v) is 79.4. The van der Waals surface area contributed by atoms with E-state index in [9.17, 15) is 108 Å². The number of aliphatic hydroxyl groups is 9. The van der Waals surface area contributed by atoms with Gasteiger partial charge in [0.05, 0.1) is 59.0 Å². The van der Waals surface area contributed by atoms with E-state index in [1.54, 1.807) is 0 Å². The molecule has 42 nitrogen and oxygen atoms in total. The van der Waals surface area contributed by atoms with Crippen LogP contribution in [-0.2, 0) is 104 Å². The highest BCUT2D eigenvalue weighted by atomic mass is 31.2. The number of phosphoric ester groups is 2. The lowest BCUT2D eigenvalue weighted by atomic mass is 9.81. The van der Waals surface area contributed by atoms with Crippen molar-refractivity contribution in [2.75, 3.05) is 132 Å². The number of carbonyl (C=O) groups is 9. The van der Waals surface area contributed by atoms with Gasteiger partial charge in [0.15, 0.2) is 18.9 Å². The largest absolute Gasteiger partial charge is 0.472 e. The van der Waals surface area contributed by atoms with Gasteiger partial charge in [-0.15, -0.1) is 0 Å². The molecule has 5 fully saturated rings. The first-order chi connectivity index (χ1) is 62.8. The number of hydrogen-bond acceptors (Lipinski definition) is 31. The van der Waals surface area contributed by atoms with Gasteiger partial charge in [-0.25, -0.2) is 9.13 Å². The molecule has 2 aliphatic carbocycles. The maximum atomic E-state index is 14.0. The van der Waals surface area contributed by atoms with Gasteiger partial charge in [0.2, 0.25) is 53.2 Å². The smallest absolute Gasteiger partial charge is 0.394 e. The van der Waals surface area contributed by atoms with Crippen molar-refractivity contribution >= 4 is 68.8 Å². The average Bonchev–Trinajstić information content (AvgIpc) is 1.17. The second kappa shape index (κ2) is 66.3. The minimum atomic E-state index is -4.86. The normalized spacial score (nSPS) is 25.8. The van der Waals surface area contributed by atoms with Crippen LogP contribution in [0.15, 0.2) is 0 Å². The van der Waals surface area contributed by atoms with Crippen LogP contribution in [0.5, 0.6) is 0 Å². The second-order valence-corrected chi connectivity index (χ2v) is 37.7. The Morgan fingerprint density at radius 2 is 0.634 bits per heavy atom. The first kappa shape index (κ1) is 116. The Kier molecular flexibility index (Phi) is 58.9. The number of phosphoric acid groups is 2. The van der Waals surface area contributed by atoms with E-state index in [1.807, 2.05) is 6.92 Å². The van der Waals surface area contributed by atoms with Gasteiger partial charge in [0.25, 0.3) is 0 Å². The number of carbonyl (C=O) groups excluding carboxylic acids is 9. The molecule has 9 amide bonds. The summed E-state index contributed by atoms with van der Waals surface area (Å²) >= 11 is 0. The highest BCUT2D eigenvalue weighted by molar-refractivity contribution is 7.47. The van der Waals surface area contributed by atoms with Gasteiger partial charge in [-0.2, -0.15) is 0 Å². The number of amides is 9. The van der Waals surface area contributed by atoms with Gasteiger partial charge >= 0.3 is 15.6 Å². The Morgan fingerprint density at radius 1 is 0.336 bits per heavy atom. The quantitative estimate of drug-likeness (QED) is 0.0236. The monoisotopic (exact) mass is 1920 g/mol. The van der Waals surface area contributed by atoms with Crippen LogP contribution in [0.2, 0.25) is 0 Å². The van der Waals surface area contributed by atoms with E-state index in [1.165, 1.54) is 80.4 Å². The molecule has 760 valence electrons. The molecule has 19 atom stereocenters. The van der Waals surface area contributed by atoms with E-state index in [0.29, 0.717) is 154 Å². The minimum absolute atomic E-state index is 0.0242. The lowest BCUT2D eigenvalue weighted by Gasteiger charge is -2.42. The third kappa shape index (κ3) is 47.2. The van der Waals surface area contributed by atoms with Crippen molar-refractivity contribution < 1.29 is 159 Å². The molecule has 3 heterocycles. The summed E-state index contributed by atoms with van der Waals surface area (Å²) in [6.45, 7) is 3.51. The van der Waals surface area contributed by atoms with E-state index in [2.05, 4.69) is 31.9 Å². The Labute approximate surface area is 771 Å². The fraction of sp³-hybridized carbons (Fsp3) is 0.897. The molecule has 0 aromatic carbocycles. The molecule has 0 spiro atoms. The number of unbranched alkanes of at least 4 members (excludes halogenated alkanes) is 12. The Bertz CT molecular complexity index is 3350.